The molecule has 18 heavy (non-hydrogen) atoms. The lowest BCUT2D eigenvalue weighted by Gasteiger charge is -2.15. The lowest BCUT2D eigenvalue weighted by Crippen LogP contribution is -2.37. The molecule has 0 saturated carbocycles. The highest BCUT2D eigenvalue weighted by molar-refractivity contribution is 9.10. The van der Waals surface area contributed by atoms with Crippen LogP contribution in [0, 0.1) is 5.92 Å². The fraction of sp³-hybridized carbons (Fsp3) is 0.500. The Balaban J connectivity index is 2.37. The van der Waals surface area contributed by atoms with Crippen LogP contribution < -0.4 is 10.1 Å². The predicted octanol–water partition coefficient (Wildman–Crippen LogP) is 3.38. The molecule has 1 rings (SSSR count). The van der Waals surface area contributed by atoms with Crippen LogP contribution in [0.5, 0.6) is 5.75 Å². The number of carbonyl (C=O) groups is 1. The Labute approximate surface area is 117 Å². The van der Waals surface area contributed by atoms with E-state index in [1.165, 1.54) is 0 Å². The molecule has 4 heteroatoms. The summed E-state index contributed by atoms with van der Waals surface area (Å²) in [4.78, 5) is 11.8. The van der Waals surface area contributed by atoms with Crippen molar-refractivity contribution < 1.29 is 9.53 Å². The van der Waals surface area contributed by atoms with Gasteiger partial charge in [0.1, 0.15) is 5.75 Å². The smallest absolute Gasteiger partial charge is 0.260 e. The number of ether oxygens (including phenoxy) is 1. The first-order chi connectivity index (χ1) is 8.49. The molecule has 1 aromatic rings. The molecule has 0 aliphatic rings. The second-order valence-electron chi connectivity index (χ2n) is 4.69. The van der Waals surface area contributed by atoms with Gasteiger partial charge in [-0.15, -0.1) is 0 Å². The summed E-state index contributed by atoms with van der Waals surface area (Å²) in [5.41, 5.74) is 0. The average Bonchev–Trinajstić information content (AvgIpc) is 2.31. The van der Waals surface area contributed by atoms with E-state index in [4.69, 9.17) is 4.74 Å². The summed E-state index contributed by atoms with van der Waals surface area (Å²) in [5, 5.41) is 2.87. The zero-order valence-electron chi connectivity index (χ0n) is 11.1. The lowest BCUT2D eigenvalue weighted by atomic mass is 10.1. The lowest BCUT2D eigenvalue weighted by molar-refractivity contribution is -0.127. The second-order valence-corrected chi connectivity index (χ2v) is 5.60. The number of benzene rings is 1. The molecule has 0 aromatic heterocycles. The van der Waals surface area contributed by atoms with Gasteiger partial charge in [-0.2, -0.15) is 0 Å². The summed E-state index contributed by atoms with van der Waals surface area (Å²) in [5.74, 6) is 1.22. The van der Waals surface area contributed by atoms with Crippen LogP contribution in [0.15, 0.2) is 28.7 Å². The van der Waals surface area contributed by atoms with Crippen molar-refractivity contribution in [2.75, 3.05) is 6.54 Å². The third kappa shape index (κ3) is 5.54. The van der Waals surface area contributed by atoms with Gasteiger partial charge in [0.2, 0.25) is 0 Å². The molecule has 1 amide bonds. The maximum atomic E-state index is 11.8. The van der Waals surface area contributed by atoms with Gasteiger partial charge >= 0.3 is 0 Å². The first-order valence-corrected chi connectivity index (χ1v) is 6.98. The van der Waals surface area contributed by atoms with Crippen LogP contribution >= 0.6 is 15.9 Å². The predicted molar refractivity (Wildman–Crippen MR) is 76.7 cm³/mol. The molecule has 3 nitrogen and oxygen atoms in total. The minimum atomic E-state index is -0.474. The van der Waals surface area contributed by atoms with Crippen molar-refractivity contribution >= 4 is 21.8 Å². The highest BCUT2D eigenvalue weighted by atomic mass is 79.9. The van der Waals surface area contributed by atoms with Crippen LogP contribution in [0.3, 0.4) is 0 Å². The number of carbonyl (C=O) groups excluding carboxylic acids is 1. The normalized spacial score (nSPS) is 12.3. The molecular formula is C14H20BrNO2. The Morgan fingerprint density at radius 3 is 2.44 bits per heavy atom. The molecule has 0 unspecified atom stereocenters. The largest absolute Gasteiger partial charge is 0.481 e. The van der Waals surface area contributed by atoms with E-state index >= 15 is 0 Å². The second kappa shape index (κ2) is 7.41. The van der Waals surface area contributed by atoms with Gasteiger partial charge in [-0.25, -0.2) is 0 Å². The zero-order chi connectivity index (χ0) is 13.5. The number of amides is 1. The summed E-state index contributed by atoms with van der Waals surface area (Å²) < 4.78 is 6.55. The van der Waals surface area contributed by atoms with Crippen molar-refractivity contribution in [3.63, 3.8) is 0 Å². The first kappa shape index (κ1) is 15.0. The number of hydrogen-bond acceptors (Lipinski definition) is 2. The summed E-state index contributed by atoms with van der Waals surface area (Å²) >= 11 is 3.35. The molecule has 0 radical (unpaired) electrons. The molecule has 0 spiro atoms. The molecule has 1 N–H and O–H groups in total. The third-order valence-corrected chi connectivity index (χ3v) is 3.05. The minimum absolute atomic E-state index is 0.0708. The van der Waals surface area contributed by atoms with Gasteiger partial charge in [-0.1, -0.05) is 29.8 Å². The van der Waals surface area contributed by atoms with Crippen molar-refractivity contribution in [1.82, 2.24) is 5.32 Å². The zero-order valence-corrected chi connectivity index (χ0v) is 12.7. The molecule has 0 aliphatic carbocycles. The molecule has 100 valence electrons. The number of halogens is 1. The Morgan fingerprint density at radius 2 is 1.89 bits per heavy atom. The Kier molecular flexibility index (Phi) is 6.19. The summed E-state index contributed by atoms with van der Waals surface area (Å²) in [6, 6.07) is 7.45. The molecule has 0 heterocycles. The molecule has 0 saturated heterocycles. The number of nitrogens with one attached hydrogen (secondary N) is 1. The third-order valence-electron chi connectivity index (χ3n) is 2.52. The van der Waals surface area contributed by atoms with Gasteiger partial charge in [0, 0.05) is 11.0 Å². The van der Waals surface area contributed by atoms with Crippen molar-refractivity contribution in [2.24, 2.45) is 5.92 Å². The molecule has 0 aliphatic heterocycles. The van der Waals surface area contributed by atoms with Crippen molar-refractivity contribution in [3.8, 4) is 5.75 Å². The quantitative estimate of drug-likeness (QED) is 0.874. The fourth-order valence-electron chi connectivity index (χ4n) is 1.40. The van der Waals surface area contributed by atoms with E-state index in [2.05, 4.69) is 35.1 Å². The van der Waals surface area contributed by atoms with Gasteiger partial charge in [0.05, 0.1) is 0 Å². The van der Waals surface area contributed by atoms with E-state index in [0.29, 0.717) is 18.2 Å². The van der Waals surface area contributed by atoms with E-state index in [1.54, 1.807) is 6.92 Å². The Bertz CT molecular complexity index is 376. The highest BCUT2D eigenvalue weighted by Gasteiger charge is 2.13. The van der Waals surface area contributed by atoms with Crippen LogP contribution in [0.25, 0.3) is 0 Å². The van der Waals surface area contributed by atoms with Gasteiger partial charge in [0.15, 0.2) is 6.10 Å². The van der Waals surface area contributed by atoms with Gasteiger partial charge in [-0.3, -0.25) is 4.79 Å². The summed E-state index contributed by atoms with van der Waals surface area (Å²) in [6.07, 6.45) is 0.509. The molecule has 1 atom stereocenters. The SMILES string of the molecule is CC(C)CCNC(=O)[C@H](C)Oc1ccc(Br)cc1. The monoisotopic (exact) mass is 313 g/mol. The summed E-state index contributed by atoms with van der Waals surface area (Å²) in [7, 11) is 0. The molecule has 0 bridgehead atoms. The number of hydrogen-bond donors (Lipinski definition) is 1. The van der Waals surface area contributed by atoms with E-state index in [-0.39, 0.29) is 5.91 Å². The number of rotatable bonds is 6. The van der Waals surface area contributed by atoms with E-state index in [9.17, 15) is 4.79 Å². The van der Waals surface area contributed by atoms with Crippen LogP contribution in [-0.4, -0.2) is 18.6 Å². The fourth-order valence-corrected chi connectivity index (χ4v) is 1.66. The van der Waals surface area contributed by atoms with Gasteiger partial charge in [0.25, 0.3) is 5.91 Å². The minimum Gasteiger partial charge on any atom is -0.481 e. The molecular weight excluding hydrogens is 294 g/mol. The molecule has 0 fully saturated rings. The Morgan fingerprint density at radius 1 is 1.28 bits per heavy atom. The van der Waals surface area contributed by atoms with E-state index < -0.39 is 6.10 Å². The summed E-state index contributed by atoms with van der Waals surface area (Å²) in [6.45, 7) is 6.72. The average molecular weight is 314 g/mol. The van der Waals surface area contributed by atoms with Crippen LogP contribution in [-0.2, 0) is 4.79 Å². The van der Waals surface area contributed by atoms with E-state index in [0.717, 1.165) is 10.9 Å². The topological polar surface area (TPSA) is 38.3 Å². The first-order valence-electron chi connectivity index (χ1n) is 6.19. The van der Waals surface area contributed by atoms with Crippen LogP contribution in [0.4, 0.5) is 0 Å². The molecule has 1 aromatic carbocycles. The maximum absolute atomic E-state index is 11.8. The van der Waals surface area contributed by atoms with Crippen molar-refractivity contribution in [1.29, 1.82) is 0 Å². The van der Waals surface area contributed by atoms with Crippen LogP contribution in [0.1, 0.15) is 27.2 Å². The highest BCUT2D eigenvalue weighted by Crippen LogP contribution is 2.17. The van der Waals surface area contributed by atoms with Crippen molar-refractivity contribution in [3.05, 3.63) is 28.7 Å². The van der Waals surface area contributed by atoms with Crippen LogP contribution in [0.2, 0.25) is 0 Å². The van der Waals surface area contributed by atoms with Crippen molar-refractivity contribution in [2.45, 2.75) is 33.3 Å². The maximum Gasteiger partial charge on any atom is 0.260 e. The van der Waals surface area contributed by atoms with Gasteiger partial charge in [-0.05, 0) is 43.5 Å². The Hall–Kier alpha value is -1.03. The van der Waals surface area contributed by atoms with Gasteiger partial charge < -0.3 is 10.1 Å². The van der Waals surface area contributed by atoms with E-state index in [1.807, 2.05) is 24.3 Å². The standard InChI is InChI=1S/C14H20BrNO2/c1-10(2)8-9-16-14(17)11(3)18-13-6-4-12(15)5-7-13/h4-7,10-11H,8-9H2,1-3H3,(H,16,17)/t11-/m0/s1.